The lowest BCUT2D eigenvalue weighted by Gasteiger charge is -1.72. The highest BCUT2D eigenvalue weighted by Crippen LogP contribution is 1.40. The normalized spacial score (nSPS) is 9.67. The average Bonchev–Trinajstić information content (AvgIpc) is 0.722. The predicted molar refractivity (Wildman–Crippen MR) is 19.4 cm³/mol. The highest BCUT2D eigenvalue weighted by molar-refractivity contribution is 7.86. The van der Waals surface area contributed by atoms with Crippen molar-refractivity contribution >= 4 is 10.2 Å². The molecule has 0 unspecified atom stereocenters. The van der Waals surface area contributed by atoms with Gasteiger partial charge >= 0.3 is 0 Å². The van der Waals surface area contributed by atoms with Crippen molar-refractivity contribution in [3.63, 3.8) is 0 Å². The smallest absolute Gasteiger partial charge is 0.216 e. The quantitative estimate of drug-likeness (QED) is 0.363. The third-order valence-electron chi connectivity index (χ3n) is 0. The Morgan fingerprint density at radius 3 is 1.17 bits per heavy atom. The fraction of sp³-hybridized carbons (Fsp3) is 0. The van der Waals surface area contributed by atoms with E-state index in [9.17, 15) is 8.42 Å². The van der Waals surface area contributed by atoms with Gasteiger partial charge < -0.3 is 0 Å². The second kappa shape index (κ2) is 2.08. The highest BCUT2D eigenvalue weighted by atomic mass is 32.2. The summed E-state index contributed by atoms with van der Waals surface area (Å²) in [6, 6.07) is 0. The van der Waals surface area contributed by atoms with Gasteiger partial charge in [-0.2, -0.15) is 8.42 Å². The third-order valence-corrected chi connectivity index (χ3v) is 0. The molecular formula is H4N3O2S. The Kier molecular flexibility index (Phi) is 3.22. The molecule has 6 heteroatoms. The standard InChI is InChI=1S/H4N2O2S.N/c1-5(2,3)4;/h(H4,1,2,3,4);. The summed E-state index contributed by atoms with van der Waals surface area (Å²) in [5.41, 5.74) is 0. The second-order valence-corrected chi connectivity index (χ2v) is 1.77. The van der Waals surface area contributed by atoms with E-state index in [1.165, 1.54) is 0 Å². The molecule has 0 amide bonds. The van der Waals surface area contributed by atoms with E-state index in [1.807, 2.05) is 0 Å². The molecule has 0 rings (SSSR count). The van der Waals surface area contributed by atoms with E-state index in [0.29, 0.717) is 0 Å². The lowest BCUT2D eigenvalue weighted by Crippen LogP contribution is -2.21. The molecule has 0 aromatic carbocycles. The van der Waals surface area contributed by atoms with E-state index in [-0.39, 0.29) is 6.15 Å². The zero-order valence-corrected chi connectivity index (χ0v) is 3.64. The molecular weight excluding hydrogens is 106 g/mol. The first-order valence-electron chi connectivity index (χ1n) is 0.805. The molecule has 0 spiro atoms. The van der Waals surface area contributed by atoms with E-state index >= 15 is 0 Å². The molecule has 3 radical (unpaired) electrons. The first-order valence-corrected chi connectivity index (χ1v) is 2.41. The van der Waals surface area contributed by atoms with Crippen molar-refractivity contribution in [1.29, 1.82) is 0 Å². The minimum Gasteiger partial charge on any atom is -0.216 e. The van der Waals surface area contributed by atoms with Crippen LogP contribution >= 0.6 is 0 Å². The molecule has 4 N–H and O–H groups in total. The van der Waals surface area contributed by atoms with Gasteiger partial charge in [0.05, 0.1) is 0 Å². The number of nitrogens with zero attached hydrogens (tertiary/aromatic N) is 1. The molecule has 6 heavy (non-hydrogen) atoms. The van der Waals surface area contributed by atoms with Gasteiger partial charge in [-0.15, -0.1) is 0 Å². The molecule has 0 heterocycles. The molecule has 0 saturated carbocycles. The average molecular weight is 110 g/mol. The fourth-order valence-corrected chi connectivity index (χ4v) is 0. The lowest BCUT2D eigenvalue weighted by molar-refractivity contribution is 0.599. The van der Waals surface area contributed by atoms with Crippen LogP contribution < -0.4 is 16.4 Å². The van der Waals surface area contributed by atoms with E-state index < -0.39 is 10.2 Å². The Labute approximate surface area is 36.1 Å². The minimum atomic E-state index is -3.67. The number of rotatable bonds is 0. The molecule has 5 nitrogen and oxygen atoms in total. The highest BCUT2D eigenvalue weighted by Gasteiger charge is 1.78. The van der Waals surface area contributed by atoms with Crippen LogP contribution in [0.2, 0.25) is 0 Å². The van der Waals surface area contributed by atoms with Crippen LogP contribution in [0.4, 0.5) is 0 Å². The summed E-state index contributed by atoms with van der Waals surface area (Å²) >= 11 is 0. The largest absolute Gasteiger partial charge is 0.271 e. The number of nitrogens with two attached hydrogens (primary N) is 2. The van der Waals surface area contributed by atoms with Gasteiger partial charge in [0.15, 0.2) is 0 Å². The summed E-state index contributed by atoms with van der Waals surface area (Å²) < 4.78 is 18.4. The first kappa shape index (κ1) is 9.27. The summed E-state index contributed by atoms with van der Waals surface area (Å²) in [5, 5.41) is 8.21. The van der Waals surface area contributed by atoms with Gasteiger partial charge in [0, 0.05) is 6.15 Å². The maximum atomic E-state index is 9.19. The van der Waals surface area contributed by atoms with Gasteiger partial charge in [-0.3, -0.25) is 0 Å². The summed E-state index contributed by atoms with van der Waals surface area (Å²) in [7, 11) is -3.67. The van der Waals surface area contributed by atoms with Crippen LogP contribution in [-0.2, 0) is 10.2 Å². The maximum absolute atomic E-state index is 9.19. The van der Waals surface area contributed by atoms with Crippen LogP contribution in [0.25, 0.3) is 0 Å². The van der Waals surface area contributed by atoms with Gasteiger partial charge in [0.2, 0.25) is 0 Å². The Morgan fingerprint density at radius 2 is 1.17 bits per heavy atom. The Hall–Kier alpha value is -0.170. The molecule has 0 fully saturated rings. The SMILES string of the molecule is NS(N)(=O)=O.[N]. The maximum Gasteiger partial charge on any atom is 0.271 e. The van der Waals surface area contributed by atoms with Crippen molar-refractivity contribution in [3.8, 4) is 0 Å². The number of hydrogen-bond donors (Lipinski definition) is 2. The molecule has 0 aromatic rings. The van der Waals surface area contributed by atoms with Crippen molar-refractivity contribution in [1.82, 2.24) is 6.15 Å². The Bertz CT molecular complexity index is 92.0. The predicted octanol–water partition coefficient (Wildman–Crippen LogP) is -2.33. The summed E-state index contributed by atoms with van der Waals surface area (Å²) in [6.45, 7) is 0. The molecule has 0 saturated heterocycles. The van der Waals surface area contributed by atoms with Gasteiger partial charge in [0.1, 0.15) is 0 Å². The van der Waals surface area contributed by atoms with E-state index in [2.05, 4.69) is 10.3 Å². The molecule has 0 aromatic heterocycles. The zero-order chi connectivity index (χ0) is 4.50. The van der Waals surface area contributed by atoms with Crippen LogP contribution in [0, 0.1) is 0 Å². The van der Waals surface area contributed by atoms with E-state index in [1.54, 1.807) is 0 Å². The van der Waals surface area contributed by atoms with Crippen molar-refractivity contribution < 1.29 is 8.42 Å². The molecule has 0 aliphatic rings. The van der Waals surface area contributed by atoms with Crippen LogP contribution in [-0.4, -0.2) is 8.42 Å². The van der Waals surface area contributed by atoms with Crippen LogP contribution in [0.5, 0.6) is 0 Å². The van der Waals surface area contributed by atoms with Crippen LogP contribution in [0.3, 0.4) is 0 Å². The summed E-state index contributed by atoms with van der Waals surface area (Å²) in [6.07, 6.45) is 0. The molecule has 37 valence electrons. The zero-order valence-electron chi connectivity index (χ0n) is 2.83. The molecule has 0 atom stereocenters. The molecule has 0 aliphatic heterocycles. The lowest BCUT2D eigenvalue weighted by atomic mass is 13.9. The number of hydrogen-bond acceptors (Lipinski definition) is 2. The van der Waals surface area contributed by atoms with Gasteiger partial charge in [-0.05, 0) is 0 Å². The van der Waals surface area contributed by atoms with E-state index in [4.69, 9.17) is 0 Å². The van der Waals surface area contributed by atoms with Crippen LogP contribution in [0.1, 0.15) is 0 Å². The monoisotopic (exact) mass is 110 g/mol. The van der Waals surface area contributed by atoms with Crippen molar-refractivity contribution in [2.75, 3.05) is 0 Å². The minimum absolute atomic E-state index is 0. The summed E-state index contributed by atoms with van der Waals surface area (Å²) in [4.78, 5) is 0. The van der Waals surface area contributed by atoms with Gasteiger partial charge in [0.25, 0.3) is 10.2 Å². The second-order valence-electron chi connectivity index (χ2n) is 0.589. The molecule has 0 bridgehead atoms. The Balaban J connectivity index is 0. The van der Waals surface area contributed by atoms with Crippen LogP contribution in [0.15, 0.2) is 0 Å². The van der Waals surface area contributed by atoms with Crippen molar-refractivity contribution in [3.05, 3.63) is 0 Å². The fourth-order valence-electron chi connectivity index (χ4n) is 0. The topological polar surface area (TPSA) is 117 Å². The van der Waals surface area contributed by atoms with Crippen molar-refractivity contribution in [2.45, 2.75) is 0 Å². The third kappa shape index (κ3) is 1060. The van der Waals surface area contributed by atoms with E-state index in [0.717, 1.165) is 0 Å². The van der Waals surface area contributed by atoms with Crippen molar-refractivity contribution in [2.24, 2.45) is 10.3 Å². The van der Waals surface area contributed by atoms with Gasteiger partial charge in [-0.25, -0.2) is 10.3 Å². The molecule has 0 aliphatic carbocycles. The Morgan fingerprint density at radius 1 is 1.17 bits per heavy atom. The first-order chi connectivity index (χ1) is 2.00. The van der Waals surface area contributed by atoms with Gasteiger partial charge in [-0.1, -0.05) is 0 Å². The summed E-state index contributed by atoms with van der Waals surface area (Å²) in [5.74, 6) is 0.